The van der Waals surface area contributed by atoms with Gasteiger partial charge in [-0.1, -0.05) is 28.1 Å². The molecule has 2 aromatic rings. The van der Waals surface area contributed by atoms with Gasteiger partial charge < -0.3 is 29.4 Å². The Hall–Kier alpha value is -3.34. The number of hydrogen-bond donors (Lipinski definition) is 1. The van der Waals surface area contributed by atoms with E-state index < -0.39 is 17.5 Å². The highest BCUT2D eigenvalue weighted by Gasteiger charge is 2.39. The van der Waals surface area contributed by atoms with E-state index in [1.54, 1.807) is 24.8 Å². The van der Waals surface area contributed by atoms with Gasteiger partial charge in [-0.25, -0.2) is 9.18 Å². The van der Waals surface area contributed by atoms with Crippen molar-refractivity contribution < 1.29 is 28.6 Å². The van der Waals surface area contributed by atoms with Gasteiger partial charge in [0.25, 0.3) is 5.91 Å². The molecule has 0 aromatic heterocycles. The van der Waals surface area contributed by atoms with E-state index in [0.717, 1.165) is 35.7 Å². The molecule has 0 bridgehead atoms. The first-order valence-corrected chi connectivity index (χ1v) is 15.4. The van der Waals surface area contributed by atoms with Crippen LogP contribution in [0.2, 0.25) is 0 Å². The maximum atomic E-state index is 15.2. The van der Waals surface area contributed by atoms with Crippen LogP contribution in [0.1, 0.15) is 45.1 Å². The number of piperidine rings is 1. The SMILES string of the molecule is CC(C)(Oc1ccc(F)c(N2CCCC(C(=O)N(Cc3ccc(Br)cc3)C3CC3)C2)c1)C(=O)N1CCN(C(=O)O)CC1. The van der Waals surface area contributed by atoms with Gasteiger partial charge in [-0.2, -0.15) is 0 Å². The second-order valence-electron chi connectivity index (χ2n) is 11.9. The van der Waals surface area contributed by atoms with Crippen LogP contribution in [0.4, 0.5) is 14.9 Å². The van der Waals surface area contributed by atoms with Gasteiger partial charge in [0.2, 0.25) is 5.91 Å². The first-order valence-electron chi connectivity index (χ1n) is 14.6. The quantitative estimate of drug-likeness (QED) is 0.436. The molecule has 1 atom stereocenters. The van der Waals surface area contributed by atoms with Crippen LogP contribution >= 0.6 is 15.9 Å². The second-order valence-corrected chi connectivity index (χ2v) is 12.8. The Balaban J connectivity index is 1.25. The predicted molar refractivity (Wildman–Crippen MR) is 160 cm³/mol. The molecule has 42 heavy (non-hydrogen) atoms. The third-order valence-electron chi connectivity index (χ3n) is 8.29. The highest BCUT2D eigenvalue weighted by molar-refractivity contribution is 9.10. The van der Waals surface area contributed by atoms with Crippen molar-refractivity contribution in [2.75, 3.05) is 44.2 Å². The van der Waals surface area contributed by atoms with Crippen molar-refractivity contribution in [1.82, 2.24) is 14.7 Å². The number of hydrogen-bond acceptors (Lipinski definition) is 5. The highest BCUT2D eigenvalue weighted by Crippen LogP contribution is 2.34. The zero-order valence-electron chi connectivity index (χ0n) is 24.1. The molecule has 1 aliphatic carbocycles. The highest BCUT2D eigenvalue weighted by atomic mass is 79.9. The Labute approximate surface area is 254 Å². The lowest BCUT2D eigenvalue weighted by molar-refractivity contribution is -0.147. The standard InChI is InChI=1S/C31H38BrFN4O5/c1-31(2,29(39)34-14-16-35(17-15-34)30(40)41)42-25-11-12-26(33)27(18-25)36-13-3-4-22(20-36)28(38)37(24-9-10-24)19-21-5-7-23(32)8-6-21/h5-8,11-12,18,22,24H,3-4,9-10,13-17,19-20H2,1-2H3,(H,40,41). The number of amides is 3. The summed E-state index contributed by atoms with van der Waals surface area (Å²) in [6.45, 7) is 5.99. The van der Waals surface area contributed by atoms with Crippen molar-refractivity contribution in [2.24, 2.45) is 5.92 Å². The molecule has 5 rings (SSSR count). The molecular formula is C31H38BrFN4O5. The normalized spacial score (nSPS) is 19.4. The topological polar surface area (TPSA) is 93.6 Å². The number of rotatable bonds is 8. The maximum absolute atomic E-state index is 15.2. The number of benzene rings is 2. The number of halogens is 2. The van der Waals surface area contributed by atoms with Crippen LogP contribution in [0.5, 0.6) is 5.75 Å². The van der Waals surface area contributed by atoms with Gasteiger partial charge in [0.1, 0.15) is 11.6 Å². The molecule has 2 aromatic carbocycles. The molecular weight excluding hydrogens is 607 g/mol. The lowest BCUT2D eigenvalue weighted by Crippen LogP contribution is -2.56. The molecule has 0 radical (unpaired) electrons. The fraction of sp³-hybridized carbons (Fsp3) is 0.516. The van der Waals surface area contributed by atoms with Crippen molar-refractivity contribution in [3.05, 3.63) is 58.3 Å². The Morgan fingerprint density at radius 2 is 1.67 bits per heavy atom. The molecule has 2 saturated heterocycles. The average Bonchev–Trinajstić information content (AvgIpc) is 3.82. The zero-order chi connectivity index (χ0) is 30.0. The summed E-state index contributed by atoms with van der Waals surface area (Å²) < 4.78 is 22.3. The summed E-state index contributed by atoms with van der Waals surface area (Å²) in [6, 6.07) is 12.8. The van der Waals surface area contributed by atoms with Gasteiger partial charge in [-0.05, 0) is 69.4 Å². The molecule has 3 amide bonds. The number of anilines is 1. The maximum Gasteiger partial charge on any atom is 0.407 e. The summed E-state index contributed by atoms with van der Waals surface area (Å²) in [4.78, 5) is 45.0. The molecule has 3 aliphatic rings. The minimum atomic E-state index is -1.24. The summed E-state index contributed by atoms with van der Waals surface area (Å²) in [7, 11) is 0. The van der Waals surface area contributed by atoms with E-state index in [-0.39, 0.29) is 50.0 Å². The van der Waals surface area contributed by atoms with Gasteiger partial charge in [-0.3, -0.25) is 9.59 Å². The third-order valence-corrected chi connectivity index (χ3v) is 8.82. The molecule has 1 N–H and O–H groups in total. The fourth-order valence-corrected chi connectivity index (χ4v) is 6.07. The Morgan fingerprint density at radius 3 is 2.31 bits per heavy atom. The van der Waals surface area contributed by atoms with Crippen LogP contribution in [-0.4, -0.2) is 88.6 Å². The lowest BCUT2D eigenvalue weighted by atomic mass is 9.95. The number of ether oxygens (including phenoxy) is 1. The van der Waals surface area contributed by atoms with E-state index in [4.69, 9.17) is 4.74 Å². The Morgan fingerprint density at radius 1 is 1.00 bits per heavy atom. The number of carboxylic acid groups (broad SMARTS) is 1. The van der Waals surface area contributed by atoms with E-state index >= 15 is 4.39 Å². The Bertz CT molecular complexity index is 1310. The molecule has 9 nitrogen and oxygen atoms in total. The van der Waals surface area contributed by atoms with Gasteiger partial charge in [0.15, 0.2) is 5.60 Å². The number of carbonyl (C=O) groups excluding carboxylic acids is 2. The van der Waals surface area contributed by atoms with Crippen LogP contribution in [0.25, 0.3) is 0 Å². The van der Waals surface area contributed by atoms with E-state index in [0.29, 0.717) is 31.1 Å². The first kappa shape index (κ1) is 30.1. The van der Waals surface area contributed by atoms with Crippen LogP contribution in [0.3, 0.4) is 0 Å². The van der Waals surface area contributed by atoms with Gasteiger partial charge in [0.05, 0.1) is 11.6 Å². The summed E-state index contributed by atoms with van der Waals surface area (Å²) >= 11 is 3.47. The van der Waals surface area contributed by atoms with E-state index in [1.165, 1.54) is 17.0 Å². The minimum Gasteiger partial charge on any atom is -0.478 e. The fourth-order valence-electron chi connectivity index (χ4n) is 5.81. The third kappa shape index (κ3) is 6.99. The second kappa shape index (κ2) is 12.5. The van der Waals surface area contributed by atoms with Crippen molar-refractivity contribution in [3.8, 4) is 5.75 Å². The van der Waals surface area contributed by atoms with Crippen LogP contribution in [-0.2, 0) is 16.1 Å². The smallest absolute Gasteiger partial charge is 0.407 e. The van der Waals surface area contributed by atoms with Crippen LogP contribution in [0, 0.1) is 11.7 Å². The summed E-state index contributed by atoms with van der Waals surface area (Å²) in [5.74, 6) is -0.419. The van der Waals surface area contributed by atoms with Crippen molar-refractivity contribution in [2.45, 2.75) is 57.7 Å². The Kier molecular flexibility index (Phi) is 8.96. The molecule has 1 unspecified atom stereocenters. The average molecular weight is 646 g/mol. The van der Waals surface area contributed by atoms with Crippen LogP contribution in [0.15, 0.2) is 46.9 Å². The number of carbonyl (C=O) groups is 3. The van der Waals surface area contributed by atoms with Gasteiger partial charge in [0, 0.05) is 62.4 Å². The van der Waals surface area contributed by atoms with Crippen molar-refractivity contribution in [1.29, 1.82) is 0 Å². The van der Waals surface area contributed by atoms with E-state index in [2.05, 4.69) is 15.9 Å². The predicted octanol–water partition coefficient (Wildman–Crippen LogP) is 4.98. The van der Waals surface area contributed by atoms with Crippen molar-refractivity contribution in [3.63, 3.8) is 0 Å². The molecule has 2 aliphatic heterocycles. The van der Waals surface area contributed by atoms with Crippen LogP contribution < -0.4 is 9.64 Å². The number of piperazine rings is 1. The zero-order valence-corrected chi connectivity index (χ0v) is 25.7. The minimum absolute atomic E-state index is 0.118. The summed E-state index contributed by atoms with van der Waals surface area (Å²) in [5, 5.41) is 9.18. The van der Waals surface area contributed by atoms with E-state index in [1.807, 2.05) is 34.1 Å². The molecule has 0 spiro atoms. The van der Waals surface area contributed by atoms with E-state index in [9.17, 15) is 19.5 Å². The lowest BCUT2D eigenvalue weighted by Gasteiger charge is -2.38. The van der Waals surface area contributed by atoms with Gasteiger partial charge in [-0.15, -0.1) is 0 Å². The molecule has 1 saturated carbocycles. The van der Waals surface area contributed by atoms with Crippen molar-refractivity contribution >= 4 is 39.5 Å². The summed E-state index contributed by atoms with van der Waals surface area (Å²) in [5.41, 5.74) is 0.204. The first-order chi connectivity index (χ1) is 20.0. The molecule has 226 valence electrons. The molecule has 2 heterocycles. The largest absolute Gasteiger partial charge is 0.478 e. The number of nitrogens with zero attached hydrogens (tertiary/aromatic N) is 4. The summed E-state index contributed by atoms with van der Waals surface area (Å²) in [6.07, 6.45) is 2.55. The molecule has 3 fully saturated rings. The van der Waals surface area contributed by atoms with Gasteiger partial charge >= 0.3 is 6.09 Å². The monoisotopic (exact) mass is 644 g/mol. The molecule has 11 heteroatoms.